The summed E-state index contributed by atoms with van der Waals surface area (Å²) in [6.45, 7) is 16.4. The Morgan fingerprint density at radius 3 is 1.52 bits per heavy atom. The van der Waals surface area contributed by atoms with Crippen LogP contribution in [-0.4, -0.2) is 105 Å². The largest absolute Gasteiger partial charge is 0.493 e. The molecule has 4 saturated heterocycles. The Morgan fingerprint density at radius 1 is 0.602 bits per heavy atom. The molecule has 432 valence electrons. The number of amides is 4. The molecule has 4 aliphatic heterocycles. The first kappa shape index (κ1) is 57.0. The monoisotopic (exact) mass is 1120 g/mol. The SMILES string of the molecule is CCc1nn(C2CCCC2)c2cc([C@@H]3CN(Cc4ccccc4)C[C@@]3(C)C(=O)N3C(=O)OC[C@H]3c3ccccc3)ccc12.COc1ccc([C@@H]2CN(Cc3ccccc3)C[C@@]2(C)C(=O)N2C(=O)OC[C@H]2c2ccccc2)cc1OC(C)(C)C. The third kappa shape index (κ3) is 11.6. The van der Waals surface area contributed by atoms with Crippen molar-refractivity contribution in [2.24, 2.45) is 10.8 Å². The fourth-order valence-electron chi connectivity index (χ4n) is 13.6. The number of hydrogen-bond donors (Lipinski definition) is 0. The van der Waals surface area contributed by atoms with Crippen LogP contribution in [0.3, 0.4) is 0 Å². The van der Waals surface area contributed by atoms with Gasteiger partial charge < -0.3 is 18.9 Å². The lowest BCUT2D eigenvalue weighted by Gasteiger charge is -2.34. The lowest BCUT2D eigenvalue weighted by atomic mass is 9.74. The average molecular weight is 1120 g/mol. The first-order valence-electron chi connectivity index (χ1n) is 29.6. The first-order valence-corrected chi connectivity index (χ1v) is 29.6. The summed E-state index contributed by atoms with van der Waals surface area (Å²) in [5.74, 6) is 0.586. The van der Waals surface area contributed by atoms with Crippen LogP contribution in [0.4, 0.5) is 9.59 Å². The van der Waals surface area contributed by atoms with Crippen molar-refractivity contribution < 1.29 is 38.1 Å². The molecule has 6 aromatic carbocycles. The number of carbonyl (C=O) groups excluding carboxylic acids is 4. The highest BCUT2D eigenvalue weighted by Crippen LogP contribution is 2.50. The maximum absolute atomic E-state index is 14.7. The molecule has 7 aromatic rings. The fourth-order valence-corrected chi connectivity index (χ4v) is 13.6. The van der Waals surface area contributed by atoms with Gasteiger partial charge in [-0.1, -0.05) is 159 Å². The number of aryl methyl sites for hydroxylation is 1. The molecule has 5 heterocycles. The van der Waals surface area contributed by atoms with Gasteiger partial charge in [-0.05, 0) is 105 Å². The molecule has 4 amide bonds. The van der Waals surface area contributed by atoms with Gasteiger partial charge in [0.1, 0.15) is 30.9 Å². The van der Waals surface area contributed by atoms with Gasteiger partial charge in [-0.2, -0.15) is 5.10 Å². The number of cyclic esters (lactones) is 2. The zero-order chi connectivity index (χ0) is 58.0. The smallest absolute Gasteiger partial charge is 0.417 e. The Morgan fingerprint density at radius 2 is 1.06 bits per heavy atom. The number of nitrogens with zero attached hydrogens (tertiary/aromatic N) is 6. The third-order valence-electron chi connectivity index (χ3n) is 17.8. The van der Waals surface area contributed by atoms with E-state index in [9.17, 15) is 19.2 Å². The Balaban J connectivity index is 0.000000174. The molecule has 5 fully saturated rings. The fraction of sp³-hybridized carbons (Fsp3) is 0.406. The van der Waals surface area contributed by atoms with E-state index in [0.717, 1.165) is 60.3 Å². The summed E-state index contributed by atoms with van der Waals surface area (Å²) in [6.07, 6.45) is 4.54. The Kier molecular flexibility index (Phi) is 16.4. The van der Waals surface area contributed by atoms with E-state index in [1.807, 2.05) is 131 Å². The third-order valence-corrected chi connectivity index (χ3v) is 17.8. The molecule has 6 atom stereocenters. The number of rotatable bonds is 14. The van der Waals surface area contributed by atoms with E-state index >= 15 is 0 Å². The number of ether oxygens (including phenoxy) is 4. The van der Waals surface area contributed by atoms with Gasteiger partial charge in [0, 0.05) is 56.5 Å². The van der Waals surface area contributed by atoms with Crippen LogP contribution >= 0.6 is 0 Å². The highest BCUT2D eigenvalue weighted by molar-refractivity contribution is 5.99. The van der Waals surface area contributed by atoms with Gasteiger partial charge in [-0.15, -0.1) is 0 Å². The van der Waals surface area contributed by atoms with Crippen LogP contribution in [0.15, 0.2) is 158 Å². The first-order chi connectivity index (χ1) is 40.0. The van der Waals surface area contributed by atoms with E-state index in [1.165, 1.54) is 44.7 Å². The minimum Gasteiger partial charge on any atom is -0.493 e. The van der Waals surface area contributed by atoms with Gasteiger partial charge in [0.15, 0.2) is 11.5 Å². The predicted octanol–water partition coefficient (Wildman–Crippen LogP) is 13.2. The summed E-state index contributed by atoms with van der Waals surface area (Å²) in [6, 6.07) is 52.1. The van der Waals surface area contributed by atoms with Crippen LogP contribution in [0.5, 0.6) is 11.5 Å². The topological polar surface area (TPSA) is 136 Å². The van der Waals surface area contributed by atoms with Crippen molar-refractivity contribution in [1.29, 1.82) is 0 Å². The molecule has 83 heavy (non-hydrogen) atoms. The molecule has 14 nitrogen and oxygen atoms in total. The summed E-state index contributed by atoms with van der Waals surface area (Å²) >= 11 is 0. The lowest BCUT2D eigenvalue weighted by Crippen LogP contribution is -2.47. The van der Waals surface area contributed by atoms with E-state index in [4.69, 9.17) is 24.0 Å². The number of likely N-dealkylation sites (tertiary alicyclic amines) is 2. The standard InChI is InChI=1S/C36H40N4O3.C33H38N2O5/c1-3-31-29-19-18-27(20-32(29)40(37-31)28-16-10-11-17-28)30-22-38(21-25-12-6-4-7-13-25)24-36(30,2)34(41)39-33(23-43-35(39)42)26-14-8-5-9-15-26;1-32(2,3)40-29-18-25(16-17-28(29)38-5)26-20-34(19-23-12-8-6-9-13-23)22-33(26,4)30(36)35-27(21-39-31(35)37)24-14-10-7-11-15-24/h4-9,12-15,18-20,28,30,33H,3,10-11,16-17,21-24H2,1-2H3;6-18,26-27H,19-22H2,1-5H3/t30-,33-,36+;26-,27-,33+/m00/s1. The van der Waals surface area contributed by atoms with Crippen LogP contribution < -0.4 is 9.47 Å². The molecular formula is C69H78N6O8. The van der Waals surface area contributed by atoms with Crippen molar-refractivity contribution in [3.63, 3.8) is 0 Å². The number of benzene rings is 6. The molecule has 0 radical (unpaired) electrons. The number of methoxy groups -OCH3 is 1. The molecule has 0 unspecified atom stereocenters. The number of imide groups is 2. The number of carbonyl (C=O) groups is 4. The van der Waals surface area contributed by atoms with Crippen LogP contribution in [0.1, 0.15) is 136 Å². The Bertz CT molecular complexity index is 3440. The van der Waals surface area contributed by atoms with E-state index in [2.05, 4.69) is 82.9 Å². The van der Waals surface area contributed by atoms with Gasteiger partial charge in [0.2, 0.25) is 11.8 Å². The number of hydrogen-bond acceptors (Lipinski definition) is 11. The molecule has 1 saturated carbocycles. The van der Waals surface area contributed by atoms with Crippen LogP contribution in [0.25, 0.3) is 10.9 Å². The van der Waals surface area contributed by atoms with Crippen molar-refractivity contribution in [3.8, 4) is 11.5 Å². The van der Waals surface area contributed by atoms with Crippen molar-refractivity contribution in [1.82, 2.24) is 29.4 Å². The summed E-state index contributed by atoms with van der Waals surface area (Å²) < 4.78 is 25.1. The summed E-state index contributed by atoms with van der Waals surface area (Å²) in [4.78, 5) is 62.9. The van der Waals surface area contributed by atoms with E-state index in [-0.39, 0.29) is 36.9 Å². The van der Waals surface area contributed by atoms with E-state index in [1.54, 1.807) is 7.11 Å². The predicted molar refractivity (Wildman–Crippen MR) is 320 cm³/mol. The van der Waals surface area contributed by atoms with Crippen molar-refractivity contribution in [2.45, 2.75) is 122 Å². The second-order valence-corrected chi connectivity index (χ2v) is 24.7. The average Bonchev–Trinajstić information content (AvgIpc) is 2.13. The summed E-state index contributed by atoms with van der Waals surface area (Å²) in [5, 5.41) is 6.29. The highest BCUT2D eigenvalue weighted by Gasteiger charge is 2.56. The quantitative estimate of drug-likeness (QED) is 0.103. The van der Waals surface area contributed by atoms with Crippen LogP contribution in [0, 0.1) is 10.8 Å². The minimum atomic E-state index is -0.890. The van der Waals surface area contributed by atoms with Crippen molar-refractivity contribution >= 4 is 34.9 Å². The molecule has 5 aliphatic rings. The molecule has 0 bridgehead atoms. The summed E-state index contributed by atoms with van der Waals surface area (Å²) in [5.41, 5.74) is 6.43. The van der Waals surface area contributed by atoms with Gasteiger partial charge in [-0.3, -0.25) is 24.1 Å². The molecule has 0 spiro atoms. The van der Waals surface area contributed by atoms with E-state index < -0.39 is 40.7 Å². The molecule has 12 rings (SSSR count). The van der Waals surface area contributed by atoms with Crippen LogP contribution in [0.2, 0.25) is 0 Å². The zero-order valence-electron chi connectivity index (χ0n) is 49.0. The molecule has 1 aliphatic carbocycles. The molecule has 0 N–H and O–H groups in total. The number of aromatic nitrogens is 2. The second-order valence-electron chi connectivity index (χ2n) is 24.7. The minimum absolute atomic E-state index is 0.102. The Labute approximate surface area is 488 Å². The normalized spacial score (nSPS) is 24.0. The lowest BCUT2D eigenvalue weighted by molar-refractivity contribution is -0.140. The van der Waals surface area contributed by atoms with E-state index in [0.29, 0.717) is 43.7 Å². The van der Waals surface area contributed by atoms with Gasteiger partial charge in [0.25, 0.3) is 0 Å². The molecule has 14 heteroatoms. The van der Waals surface area contributed by atoms with Gasteiger partial charge >= 0.3 is 12.2 Å². The Hall–Kier alpha value is -7.81. The summed E-state index contributed by atoms with van der Waals surface area (Å²) in [7, 11) is 1.62. The van der Waals surface area contributed by atoms with Crippen LogP contribution in [-0.2, 0) is 38.6 Å². The van der Waals surface area contributed by atoms with Crippen molar-refractivity contribution in [2.75, 3.05) is 46.5 Å². The zero-order valence-corrected chi connectivity index (χ0v) is 49.0. The second kappa shape index (κ2) is 23.8. The maximum Gasteiger partial charge on any atom is 0.417 e. The molecular weight excluding hydrogens is 1040 g/mol. The highest BCUT2D eigenvalue weighted by atomic mass is 16.6. The maximum atomic E-state index is 14.7. The van der Waals surface area contributed by atoms with Gasteiger partial charge in [0.05, 0.1) is 35.2 Å². The van der Waals surface area contributed by atoms with Crippen molar-refractivity contribution in [3.05, 3.63) is 197 Å². The van der Waals surface area contributed by atoms with Gasteiger partial charge in [-0.25, -0.2) is 19.4 Å². The number of fused-ring (bicyclic) bond motifs is 1. The molecule has 1 aromatic heterocycles.